The molecule has 2 aliphatic carbocycles. The van der Waals surface area contributed by atoms with Crippen LogP contribution < -0.4 is 10.1 Å². The van der Waals surface area contributed by atoms with Gasteiger partial charge in [0, 0.05) is 35.0 Å². The number of nitrogens with one attached hydrogen (secondary N) is 1. The van der Waals surface area contributed by atoms with Gasteiger partial charge in [-0.2, -0.15) is 0 Å². The van der Waals surface area contributed by atoms with Gasteiger partial charge in [0.05, 0.1) is 12.7 Å². The molecule has 160 valence electrons. The van der Waals surface area contributed by atoms with Crippen LogP contribution in [0.15, 0.2) is 28.8 Å². The number of rotatable bonds is 6. The largest absolute Gasteiger partial charge is 0.573 e. The van der Waals surface area contributed by atoms with Gasteiger partial charge in [-0.3, -0.25) is 0 Å². The third kappa shape index (κ3) is 3.30. The third-order valence-electron chi connectivity index (χ3n) is 7.01. The minimum atomic E-state index is -4.77. The quantitative estimate of drug-likeness (QED) is 0.729. The highest BCUT2D eigenvalue weighted by Gasteiger charge is 2.60. The Morgan fingerprint density at radius 3 is 2.77 bits per heavy atom. The Hall–Kier alpha value is -2.06. The predicted octanol–water partition coefficient (Wildman–Crippen LogP) is 4.77. The topological polar surface area (TPSA) is 56.5 Å². The molecule has 2 aromatic rings. The second-order valence-corrected chi connectivity index (χ2v) is 8.99. The molecule has 0 amide bonds. The van der Waals surface area contributed by atoms with E-state index in [4.69, 9.17) is 9.26 Å². The first-order valence-corrected chi connectivity index (χ1v) is 10.7. The SMILES string of the molecule is FC(F)(F)Oc1ccccc1-c1noc(C2CC2)c1COC1C2CC3CCC(N3)C21. The highest BCUT2D eigenvalue weighted by atomic mass is 19.4. The lowest BCUT2D eigenvalue weighted by Gasteiger charge is -2.18. The van der Waals surface area contributed by atoms with Gasteiger partial charge in [-0.1, -0.05) is 17.3 Å². The van der Waals surface area contributed by atoms with Gasteiger partial charge in [0.25, 0.3) is 0 Å². The fourth-order valence-electron chi connectivity index (χ4n) is 5.48. The van der Waals surface area contributed by atoms with Crippen molar-refractivity contribution in [3.05, 3.63) is 35.6 Å². The summed E-state index contributed by atoms with van der Waals surface area (Å²) in [6, 6.07) is 7.23. The first-order chi connectivity index (χ1) is 14.5. The number of fused-ring (bicyclic) bond motifs is 4. The van der Waals surface area contributed by atoms with Crippen molar-refractivity contribution in [3.63, 3.8) is 0 Å². The Bertz CT molecular complexity index is 955. The number of halogens is 3. The smallest absolute Gasteiger partial charge is 0.405 e. The maximum atomic E-state index is 12.9. The fraction of sp³-hybridized carbons (Fsp3) is 0.591. The summed E-state index contributed by atoms with van der Waals surface area (Å²) < 4.78 is 54.8. The highest BCUT2D eigenvalue weighted by molar-refractivity contribution is 5.70. The number of aromatic nitrogens is 1. The van der Waals surface area contributed by atoms with Crippen molar-refractivity contribution in [2.75, 3.05) is 0 Å². The Kier molecular flexibility index (Phi) is 4.19. The zero-order valence-corrected chi connectivity index (χ0v) is 16.3. The highest BCUT2D eigenvalue weighted by Crippen LogP contribution is 2.55. The molecule has 8 heteroatoms. The monoisotopic (exact) mass is 420 g/mol. The second kappa shape index (κ2) is 6.72. The van der Waals surface area contributed by atoms with E-state index < -0.39 is 6.36 Å². The van der Waals surface area contributed by atoms with Gasteiger partial charge in [-0.25, -0.2) is 0 Å². The minimum absolute atomic E-state index is 0.212. The van der Waals surface area contributed by atoms with Crippen LogP contribution >= 0.6 is 0 Å². The van der Waals surface area contributed by atoms with Crippen LogP contribution in [0.3, 0.4) is 0 Å². The molecule has 2 bridgehead atoms. The van der Waals surface area contributed by atoms with Crippen LogP contribution in [-0.4, -0.2) is 29.7 Å². The van der Waals surface area contributed by atoms with Gasteiger partial charge in [-0.15, -0.1) is 13.2 Å². The molecule has 5 nitrogen and oxygen atoms in total. The van der Waals surface area contributed by atoms with Crippen LogP contribution in [0, 0.1) is 11.8 Å². The van der Waals surface area contributed by atoms with E-state index in [9.17, 15) is 13.2 Å². The summed E-state index contributed by atoms with van der Waals surface area (Å²) in [7, 11) is 0. The van der Waals surface area contributed by atoms with Crippen molar-refractivity contribution in [2.45, 2.75) is 69.2 Å². The van der Waals surface area contributed by atoms with Crippen LogP contribution in [-0.2, 0) is 11.3 Å². The van der Waals surface area contributed by atoms with Gasteiger partial charge in [0.2, 0.25) is 0 Å². The van der Waals surface area contributed by atoms with Gasteiger partial charge < -0.3 is 19.3 Å². The Morgan fingerprint density at radius 2 is 1.97 bits per heavy atom. The molecule has 5 unspecified atom stereocenters. The number of alkyl halides is 3. The first kappa shape index (κ1) is 18.7. The van der Waals surface area contributed by atoms with Gasteiger partial charge in [0.1, 0.15) is 17.2 Å². The summed E-state index contributed by atoms with van der Waals surface area (Å²) >= 11 is 0. The number of para-hydroxylation sites is 1. The summed E-state index contributed by atoms with van der Waals surface area (Å²) in [6.07, 6.45) is 1.06. The van der Waals surface area contributed by atoms with Gasteiger partial charge in [0.15, 0.2) is 0 Å². The van der Waals surface area contributed by atoms with E-state index in [1.54, 1.807) is 12.1 Å². The summed E-state index contributed by atoms with van der Waals surface area (Å²) in [6.45, 7) is 0.306. The predicted molar refractivity (Wildman–Crippen MR) is 101 cm³/mol. The zero-order chi connectivity index (χ0) is 20.5. The van der Waals surface area contributed by atoms with Crippen molar-refractivity contribution in [2.24, 2.45) is 11.8 Å². The molecule has 0 spiro atoms. The van der Waals surface area contributed by atoms with Crippen LogP contribution in [0.5, 0.6) is 5.75 Å². The lowest BCUT2D eigenvalue weighted by molar-refractivity contribution is -0.274. The summed E-state index contributed by atoms with van der Waals surface area (Å²) in [5.74, 6) is 1.90. The fourth-order valence-corrected chi connectivity index (χ4v) is 5.48. The molecule has 6 rings (SSSR count). The lowest BCUT2D eigenvalue weighted by Crippen LogP contribution is -2.35. The van der Waals surface area contributed by atoms with Crippen molar-refractivity contribution in [1.82, 2.24) is 10.5 Å². The number of piperidine rings is 1. The summed E-state index contributed by atoms with van der Waals surface area (Å²) in [4.78, 5) is 0. The minimum Gasteiger partial charge on any atom is -0.405 e. The van der Waals surface area contributed by atoms with E-state index in [2.05, 4.69) is 15.2 Å². The van der Waals surface area contributed by atoms with Crippen LogP contribution in [0.1, 0.15) is 49.3 Å². The molecular formula is C22H23F3N2O3. The molecule has 2 aliphatic heterocycles. The number of ether oxygens (including phenoxy) is 2. The lowest BCUT2D eigenvalue weighted by atomic mass is 10.0. The molecule has 1 aromatic carbocycles. The van der Waals surface area contributed by atoms with Crippen LogP contribution in [0.4, 0.5) is 13.2 Å². The molecule has 2 saturated carbocycles. The van der Waals surface area contributed by atoms with E-state index in [-0.39, 0.29) is 23.3 Å². The molecule has 4 aliphatic rings. The van der Waals surface area contributed by atoms with Crippen LogP contribution in [0.2, 0.25) is 0 Å². The molecule has 3 heterocycles. The van der Waals surface area contributed by atoms with E-state index in [1.807, 2.05) is 0 Å². The Labute approximate surface area is 171 Å². The molecule has 1 N–H and O–H groups in total. The molecule has 1 aromatic heterocycles. The molecule has 2 saturated heterocycles. The summed E-state index contributed by atoms with van der Waals surface area (Å²) in [5, 5.41) is 7.83. The second-order valence-electron chi connectivity index (χ2n) is 8.99. The summed E-state index contributed by atoms with van der Waals surface area (Å²) in [5.41, 5.74) is 1.43. The molecule has 30 heavy (non-hydrogen) atoms. The van der Waals surface area contributed by atoms with Crippen molar-refractivity contribution in [1.29, 1.82) is 0 Å². The normalized spacial score (nSPS) is 32.2. The molecular weight excluding hydrogens is 397 g/mol. The average Bonchev–Trinajstić information content (AvgIpc) is 3.58. The van der Waals surface area contributed by atoms with Crippen molar-refractivity contribution >= 4 is 0 Å². The molecule has 5 atom stereocenters. The van der Waals surface area contributed by atoms with E-state index in [0.29, 0.717) is 36.2 Å². The Morgan fingerprint density at radius 1 is 1.13 bits per heavy atom. The van der Waals surface area contributed by atoms with E-state index in [1.165, 1.54) is 25.0 Å². The van der Waals surface area contributed by atoms with E-state index >= 15 is 0 Å². The van der Waals surface area contributed by atoms with Gasteiger partial charge >= 0.3 is 6.36 Å². The number of nitrogens with zero attached hydrogens (tertiary/aromatic N) is 1. The van der Waals surface area contributed by atoms with E-state index in [0.717, 1.165) is 30.6 Å². The van der Waals surface area contributed by atoms with Crippen molar-refractivity contribution in [3.8, 4) is 17.0 Å². The maximum Gasteiger partial charge on any atom is 0.573 e. The Balaban J connectivity index is 1.27. The first-order valence-electron chi connectivity index (χ1n) is 10.7. The zero-order valence-electron chi connectivity index (χ0n) is 16.3. The third-order valence-corrected chi connectivity index (χ3v) is 7.01. The number of benzene rings is 1. The van der Waals surface area contributed by atoms with Crippen LogP contribution in [0.25, 0.3) is 11.3 Å². The molecule has 0 radical (unpaired) electrons. The van der Waals surface area contributed by atoms with Gasteiger partial charge in [-0.05, 0) is 50.2 Å². The van der Waals surface area contributed by atoms with Crippen molar-refractivity contribution < 1.29 is 27.2 Å². The number of hydrogen-bond donors (Lipinski definition) is 1. The number of hydrogen-bond acceptors (Lipinski definition) is 5. The standard InChI is InChI=1S/C22H23F3N2O3/c23-22(24,25)29-17-4-2-1-3-13(17)19-15(20(30-27-19)11-5-6-11)10-28-21-14-9-12-7-8-16(26-12)18(14)21/h1-4,11-12,14,16,18,21,26H,5-10H2. The maximum absolute atomic E-state index is 12.9. The molecule has 4 fully saturated rings. The average molecular weight is 420 g/mol.